The van der Waals surface area contributed by atoms with Gasteiger partial charge in [0.25, 0.3) is 5.91 Å². The number of benzene rings is 3. The number of imidazole rings is 1. The Balaban J connectivity index is 1.61. The molecule has 1 unspecified atom stereocenters. The first-order chi connectivity index (χ1) is 16.1. The number of amides is 1. The van der Waals surface area contributed by atoms with E-state index >= 15 is 0 Å². The maximum absolute atomic E-state index is 14.6. The van der Waals surface area contributed by atoms with Crippen LogP contribution in [0.15, 0.2) is 72.8 Å². The zero-order valence-electron chi connectivity index (χ0n) is 18.2. The van der Waals surface area contributed by atoms with E-state index in [1.165, 1.54) is 24.5 Å². The van der Waals surface area contributed by atoms with Gasteiger partial charge in [0.2, 0.25) is 0 Å². The molecule has 0 aliphatic carbocycles. The maximum Gasteiger partial charge on any atom is 0.262 e. The lowest BCUT2D eigenvalue weighted by Gasteiger charge is -2.19. The van der Waals surface area contributed by atoms with Crippen molar-refractivity contribution in [1.82, 2.24) is 14.9 Å². The van der Waals surface area contributed by atoms with Crippen molar-refractivity contribution >= 4 is 38.4 Å². The minimum absolute atomic E-state index is 0.145. The van der Waals surface area contributed by atoms with Crippen LogP contribution in [0.5, 0.6) is 0 Å². The number of nitrogens with zero attached hydrogens (tertiary/aromatic N) is 2. The number of ether oxygens (including phenoxy) is 1. The Morgan fingerprint density at radius 1 is 1.09 bits per heavy atom. The van der Waals surface area contributed by atoms with Gasteiger partial charge in [-0.1, -0.05) is 48.5 Å². The highest BCUT2D eigenvalue weighted by molar-refractivity contribution is 7.21. The van der Waals surface area contributed by atoms with Gasteiger partial charge in [0, 0.05) is 29.8 Å². The number of methoxy groups -OCH3 is 1. The fourth-order valence-corrected chi connectivity index (χ4v) is 5.32. The largest absolute Gasteiger partial charge is 0.380 e. The van der Waals surface area contributed by atoms with Gasteiger partial charge in [0.1, 0.15) is 17.7 Å². The molecule has 1 amide bonds. The Bertz CT molecular complexity index is 1460. The third-order valence-corrected chi connectivity index (χ3v) is 6.94. The molecule has 0 bridgehead atoms. The number of thiophene rings is 1. The molecule has 0 saturated heterocycles. The predicted molar refractivity (Wildman–Crippen MR) is 129 cm³/mol. The number of aromatic nitrogens is 2. The Kier molecular flexibility index (Phi) is 5.66. The molecule has 0 aliphatic rings. The highest BCUT2D eigenvalue weighted by atomic mass is 32.1. The fourth-order valence-electron chi connectivity index (χ4n) is 4.19. The molecular weight excluding hydrogens is 437 g/mol. The number of hydrogen-bond donors (Lipinski definition) is 1. The van der Waals surface area contributed by atoms with Crippen molar-refractivity contribution in [2.45, 2.75) is 12.6 Å². The summed E-state index contributed by atoms with van der Waals surface area (Å²) in [4.78, 5) is 18.8. The van der Waals surface area contributed by atoms with Crippen molar-refractivity contribution in [1.29, 1.82) is 0 Å². The number of fused-ring (bicyclic) bond motifs is 2. The van der Waals surface area contributed by atoms with Gasteiger partial charge in [-0.05, 0) is 29.8 Å². The number of hydrogen-bond acceptors (Lipinski definition) is 4. The monoisotopic (exact) mass is 459 g/mol. The number of aryl methyl sites for hydroxylation is 1. The maximum atomic E-state index is 14.6. The van der Waals surface area contributed by atoms with Crippen LogP contribution in [0.1, 0.15) is 32.7 Å². The van der Waals surface area contributed by atoms with Crippen molar-refractivity contribution in [2.75, 3.05) is 7.11 Å². The van der Waals surface area contributed by atoms with Crippen molar-refractivity contribution in [3.63, 3.8) is 0 Å². The van der Waals surface area contributed by atoms with E-state index in [0.717, 1.165) is 22.4 Å². The molecule has 0 spiro atoms. The molecule has 2 aromatic heterocycles. The third kappa shape index (κ3) is 3.79. The zero-order chi connectivity index (χ0) is 22.9. The SMILES string of the molecule is COCc1c(C(=O)NC(c2ccccc2)c2nc3ccccc3n2C)sc2cccc(F)c12. The standard InChI is InChI=1S/C26H22FN3O2S/c1-30-20-13-7-6-12-19(20)28-25(30)23(16-9-4-3-5-10-16)29-26(31)24-17(15-32-2)22-18(27)11-8-14-21(22)33-24/h3-14,23H,15H2,1-2H3,(H,29,31). The summed E-state index contributed by atoms with van der Waals surface area (Å²) in [5.74, 6) is 0.0738. The van der Waals surface area contributed by atoms with Gasteiger partial charge in [-0.25, -0.2) is 9.37 Å². The van der Waals surface area contributed by atoms with E-state index in [9.17, 15) is 9.18 Å². The number of carbonyl (C=O) groups is 1. The Morgan fingerprint density at radius 3 is 2.61 bits per heavy atom. The second kappa shape index (κ2) is 8.77. The smallest absolute Gasteiger partial charge is 0.262 e. The van der Waals surface area contributed by atoms with Crippen molar-refractivity contribution < 1.29 is 13.9 Å². The minimum atomic E-state index is -0.485. The first kappa shape index (κ1) is 21.3. The van der Waals surface area contributed by atoms with Crippen LogP contribution in [0, 0.1) is 5.82 Å². The van der Waals surface area contributed by atoms with E-state index < -0.39 is 6.04 Å². The average molecular weight is 460 g/mol. The summed E-state index contributed by atoms with van der Waals surface area (Å²) >= 11 is 1.27. The fraction of sp³-hybridized carbons (Fsp3) is 0.154. The van der Waals surface area contributed by atoms with E-state index in [-0.39, 0.29) is 18.3 Å². The van der Waals surface area contributed by atoms with Crippen molar-refractivity contribution in [2.24, 2.45) is 7.05 Å². The van der Waals surface area contributed by atoms with E-state index in [2.05, 4.69) is 5.32 Å². The number of rotatable bonds is 6. The van der Waals surface area contributed by atoms with Crippen LogP contribution < -0.4 is 5.32 Å². The first-order valence-electron chi connectivity index (χ1n) is 10.5. The minimum Gasteiger partial charge on any atom is -0.380 e. The molecule has 5 aromatic rings. The van der Waals surface area contributed by atoms with Crippen LogP contribution in [0.2, 0.25) is 0 Å². The van der Waals surface area contributed by atoms with Crippen LogP contribution >= 0.6 is 11.3 Å². The summed E-state index contributed by atoms with van der Waals surface area (Å²) in [6.45, 7) is 0.145. The highest BCUT2D eigenvalue weighted by Crippen LogP contribution is 2.35. The van der Waals surface area contributed by atoms with Crippen molar-refractivity contribution in [3.8, 4) is 0 Å². The molecule has 7 heteroatoms. The molecule has 2 heterocycles. The summed E-state index contributed by atoms with van der Waals surface area (Å²) in [6.07, 6.45) is 0. The van der Waals surface area contributed by atoms with E-state index in [0.29, 0.717) is 20.5 Å². The van der Waals surface area contributed by atoms with Crippen LogP contribution in [-0.2, 0) is 18.4 Å². The second-order valence-electron chi connectivity index (χ2n) is 7.79. The summed E-state index contributed by atoms with van der Waals surface area (Å²) in [5.41, 5.74) is 3.30. The Morgan fingerprint density at radius 2 is 1.85 bits per heavy atom. The lowest BCUT2D eigenvalue weighted by atomic mass is 10.1. The van der Waals surface area contributed by atoms with Gasteiger partial charge >= 0.3 is 0 Å². The molecular formula is C26H22FN3O2S. The van der Waals surface area contributed by atoms with Gasteiger partial charge in [0.15, 0.2) is 0 Å². The van der Waals surface area contributed by atoms with Crippen LogP contribution in [0.25, 0.3) is 21.1 Å². The zero-order valence-corrected chi connectivity index (χ0v) is 19.0. The first-order valence-corrected chi connectivity index (χ1v) is 11.4. The number of para-hydroxylation sites is 2. The lowest BCUT2D eigenvalue weighted by molar-refractivity contribution is 0.0941. The van der Waals surface area contributed by atoms with Crippen molar-refractivity contribution in [3.05, 3.63) is 100 Å². The van der Waals surface area contributed by atoms with Gasteiger partial charge in [0.05, 0.1) is 22.5 Å². The van der Waals surface area contributed by atoms with E-state index in [4.69, 9.17) is 9.72 Å². The Hall–Kier alpha value is -3.55. The summed E-state index contributed by atoms with van der Waals surface area (Å²) in [5, 5.41) is 3.60. The molecule has 1 N–H and O–H groups in total. The molecule has 0 saturated carbocycles. The van der Waals surface area contributed by atoms with Crippen LogP contribution in [0.4, 0.5) is 4.39 Å². The number of nitrogens with one attached hydrogen (secondary N) is 1. The molecule has 0 aliphatic heterocycles. The normalized spacial score (nSPS) is 12.3. The molecule has 0 fully saturated rings. The topological polar surface area (TPSA) is 56.1 Å². The van der Waals surface area contributed by atoms with E-state index in [1.54, 1.807) is 6.07 Å². The quantitative estimate of drug-likeness (QED) is 0.360. The molecule has 0 radical (unpaired) electrons. The number of halogens is 1. The molecule has 5 rings (SSSR count). The highest BCUT2D eigenvalue weighted by Gasteiger charge is 2.26. The van der Waals surface area contributed by atoms with Crippen LogP contribution in [-0.4, -0.2) is 22.6 Å². The summed E-state index contributed by atoms with van der Waals surface area (Å²) in [7, 11) is 3.48. The van der Waals surface area contributed by atoms with E-state index in [1.807, 2.05) is 72.3 Å². The number of carbonyl (C=O) groups excluding carboxylic acids is 1. The molecule has 33 heavy (non-hydrogen) atoms. The predicted octanol–water partition coefficient (Wildman–Crippen LogP) is 5.59. The average Bonchev–Trinajstić information content (AvgIpc) is 3.37. The van der Waals surface area contributed by atoms with Gasteiger partial charge < -0.3 is 14.6 Å². The lowest BCUT2D eigenvalue weighted by Crippen LogP contribution is -2.31. The molecule has 3 aromatic carbocycles. The van der Waals surface area contributed by atoms with Gasteiger partial charge in [-0.15, -0.1) is 11.3 Å². The summed E-state index contributed by atoms with van der Waals surface area (Å²) < 4.78 is 22.6. The molecule has 1 atom stereocenters. The molecule has 166 valence electrons. The van der Waals surface area contributed by atoms with Crippen LogP contribution in [0.3, 0.4) is 0 Å². The summed E-state index contributed by atoms with van der Waals surface area (Å²) in [6, 6.07) is 22.0. The Labute approximate surface area is 194 Å². The third-order valence-electron chi connectivity index (χ3n) is 5.75. The van der Waals surface area contributed by atoms with Gasteiger partial charge in [-0.3, -0.25) is 4.79 Å². The second-order valence-corrected chi connectivity index (χ2v) is 8.84. The molecule has 5 nitrogen and oxygen atoms in total. The van der Waals surface area contributed by atoms with Gasteiger partial charge in [-0.2, -0.15) is 0 Å².